The summed E-state index contributed by atoms with van der Waals surface area (Å²) in [4.78, 5) is 0. The Bertz CT molecular complexity index is 380. The molecule has 0 bridgehead atoms. The molecule has 1 rings (SSSR count). The van der Waals surface area contributed by atoms with Gasteiger partial charge in [0, 0.05) is 17.6 Å². The molecule has 0 aliphatic carbocycles. The zero-order chi connectivity index (χ0) is 14.5. The van der Waals surface area contributed by atoms with E-state index in [1.165, 1.54) is 0 Å². The van der Waals surface area contributed by atoms with Crippen molar-refractivity contribution in [2.45, 2.75) is 38.1 Å². The van der Waals surface area contributed by atoms with Crippen molar-refractivity contribution < 1.29 is 18.3 Å². The van der Waals surface area contributed by atoms with Gasteiger partial charge in [-0.2, -0.15) is 13.2 Å². The Kier molecular flexibility index (Phi) is 6.10. The molecule has 2 nitrogen and oxygen atoms in total. The number of alkyl halides is 3. The predicted molar refractivity (Wildman–Crippen MR) is 69.2 cm³/mol. The van der Waals surface area contributed by atoms with E-state index in [9.17, 15) is 13.2 Å². The lowest BCUT2D eigenvalue weighted by molar-refractivity contribution is -0.202. The third kappa shape index (κ3) is 5.38. The Morgan fingerprint density at radius 1 is 1.26 bits per heavy atom. The summed E-state index contributed by atoms with van der Waals surface area (Å²) in [5, 5.41) is 12.3. The first-order valence-corrected chi connectivity index (χ1v) is 6.46. The van der Waals surface area contributed by atoms with Crippen LogP contribution in [0.5, 0.6) is 0 Å². The van der Waals surface area contributed by atoms with Crippen LogP contribution >= 0.6 is 11.6 Å². The summed E-state index contributed by atoms with van der Waals surface area (Å²) in [5.41, 5.74) is 0.862. The van der Waals surface area contributed by atoms with E-state index < -0.39 is 18.8 Å². The van der Waals surface area contributed by atoms with Crippen molar-refractivity contribution in [3.8, 4) is 0 Å². The smallest absolute Gasteiger partial charge is 0.382 e. The van der Waals surface area contributed by atoms with Crippen LogP contribution in [-0.4, -0.2) is 23.9 Å². The van der Waals surface area contributed by atoms with E-state index in [1.54, 1.807) is 24.3 Å². The van der Waals surface area contributed by atoms with E-state index >= 15 is 0 Å². The largest absolute Gasteiger partial charge is 0.415 e. The second-order valence-electron chi connectivity index (χ2n) is 4.36. The van der Waals surface area contributed by atoms with Crippen LogP contribution in [0.15, 0.2) is 24.3 Å². The molecule has 0 spiro atoms. The topological polar surface area (TPSA) is 32.3 Å². The van der Waals surface area contributed by atoms with Crippen molar-refractivity contribution in [2.24, 2.45) is 0 Å². The average Bonchev–Trinajstić information content (AvgIpc) is 2.34. The maximum atomic E-state index is 12.2. The average molecular weight is 296 g/mol. The normalized spacial score (nSPS) is 15.3. The molecule has 0 heterocycles. The van der Waals surface area contributed by atoms with Gasteiger partial charge in [0.1, 0.15) is 0 Å². The molecule has 0 amide bonds. The Morgan fingerprint density at radius 3 is 2.32 bits per heavy atom. The summed E-state index contributed by atoms with van der Waals surface area (Å²) in [7, 11) is 0. The molecule has 2 N–H and O–H groups in total. The van der Waals surface area contributed by atoms with E-state index in [2.05, 4.69) is 5.32 Å². The van der Waals surface area contributed by atoms with Crippen LogP contribution in [0, 0.1) is 0 Å². The molecular weight excluding hydrogens is 279 g/mol. The van der Waals surface area contributed by atoms with Crippen LogP contribution in [0.25, 0.3) is 0 Å². The standard InChI is InChI=1S/C13H17ClF3NO/c1-2-3-11(9-4-6-10(14)7-5-9)18-8-12(19)13(15,16)17/h4-7,11-12,18-19H,2-3,8H2,1H3. The van der Waals surface area contributed by atoms with Crippen LogP contribution in [0.4, 0.5) is 13.2 Å². The molecule has 2 unspecified atom stereocenters. The van der Waals surface area contributed by atoms with Gasteiger partial charge >= 0.3 is 6.18 Å². The fourth-order valence-corrected chi connectivity index (χ4v) is 1.87. The number of halogens is 4. The van der Waals surface area contributed by atoms with E-state index in [0.717, 1.165) is 12.0 Å². The monoisotopic (exact) mass is 295 g/mol. The minimum absolute atomic E-state index is 0.223. The van der Waals surface area contributed by atoms with Crippen LogP contribution in [0.2, 0.25) is 5.02 Å². The number of aliphatic hydroxyl groups is 1. The summed E-state index contributed by atoms with van der Waals surface area (Å²) in [6, 6.07) is 6.72. The molecule has 19 heavy (non-hydrogen) atoms. The summed E-state index contributed by atoms with van der Waals surface area (Å²) >= 11 is 5.77. The second kappa shape index (κ2) is 7.12. The molecule has 6 heteroatoms. The van der Waals surface area contributed by atoms with Gasteiger partial charge in [-0.15, -0.1) is 0 Å². The summed E-state index contributed by atoms with van der Waals surface area (Å²) in [6.45, 7) is 1.43. The fourth-order valence-electron chi connectivity index (χ4n) is 1.74. The third-order valence-corrected chi connectivity index (χ3v) is 3.04. The maximum absolute atomic E-state index is 12.2. The molecule has 0 radical (unpaired) electrons. The molecule has 108 valence electrons. The minimum atomic E-state index is -4.59. The lowest BCUT2D eigenvalue weighted by atomic mass is 10.0. The summed E-state index contributed by atoms with van der Waals surface area (Å²) in [5.74, 6) is 0. The number of hydrogen-bond donors (Lipinski definition) is 2. The van der Waals surface area contributed by atoms with Gasteiger partial charge in [-0.1, -0.05) is 37.1 Å². The van der Waals surface area contributed by atoms with Crippen molar-refractivity contribution in [3.63, 3.8) is 0 Å². The Balaban J connectivity index is 2.65. The zero-order valence-corrected chi connectivity index (χ0v) is 11.3. The van der Waals surface area contributed by atoms with Crippen molar-refractivity contribution in [1.29, 1.82) is 0 Å². The highest BCUT2D eigenvalue weighted by molar-refractivity contribution is 6.30. The number of nitrogens with one attached hydrogen (secondary N) is 1. The van der Waals surface area contributed by atoms with E-state index in [4.69, 9.17) is 16.7 Å². The third-order valence-electron chi connectivity index (χ3n) is 2.79. The van der Waals surface area contributed by atoms with Crippen LogP contribution in [-0.2, 0) is 0 Å². The van der Waals surface area contributed by atoms with Gasteiger partial charge in [0.25, 0.3) is 0 Å². The van der Waals surface area contributed by atoms with Gasteiger partial charge in [-0.25, -0.2) is 0 Å². The lowest BCUT2D eigenvalue weighted by Crippen LogP contribution is -2.39. The molecule has 0 saturated carbocycles. The van der Waals surface area contributed by atoms with Crippen LogP contribution < -0.4 is 5.32 Å². The number of aliphatic hydroxyl groups excluding tert-OH is 1. The van der Waals surface area contributed by atoms with E-state index in [1.807, 2.05) is 6.92 Å². The summed E-state index contributed by atoms with van der Waals surface area (Å²) in [6.07, 6.45) is -5.43. The molecule has 1 aromatic carbocycles. The van der Waals surface area contributed by atoms with Gasteiger partial charge in [0.2, 0.25) is 0 Å². The predicted octanol–water partition coefficient (Wildman–Crippen LogP) is 3.69. The van der Waals surface area contributed by atoms with Crippen molar-refractivity contribution in [1.82, 2.24) is 5.32 Å². The van der Waals surface area contributed by atoms with Crippen LogP contribution in [0.3, 0.4) is 0 Å². The first-order chi connectivity index (χ1) is 8.84. The Morgan fingerprint density at radius 2 is 1.84 bits per heavy atom. The highest BCUT2D eigenvalue weighted by Gasteiger charge is 2.38. The maximum Gasteiger partial charge on any atom is 0.415 e. The Labute approximate surface area is 115 Å². The van der Waals surface area contributed by atoms with Gasteiger partial charge < -0.3 is 10.4 Å². The first-order valence-electron chi connectivity index (χ1n) is 6.08. The quantitative estimate of drug-likeness (QED) is 0.839. The van der Waals surface area contributed by atoms with Gasteiger partial charge in [-0.3, -0.25) is 0 Å². The molecule has 0 aliphatic rings. The highest BCUT2D eigenvalue weighted by Crippen LogP contribution is 2.23. The first kappa shape index (κ1) is 16.3. The SMILES string of the molecule is CCCC(NCC(O)C(F)(F)F)c1ccc(Cl)cc1. The molecule has 0 aliphatic heterocycles. The molecule has 0 saturated heterocycles. The molecule has 2 atom stereocenters. The highest BCUT2D eigenvalue weighted by atomic mass is 35.5. The summed E-state index contributed by atoms with van der Waals surface area (Å²) < 4.78 is 36.7. The minimum Gasteiger partial charge on any atom is -0.382 e. The van der Waals surface area contributed by atoms with Crippen molar-refractivity contribution in [2.75, 3.05) is 6.54 Å². The van der Waals surface area contributed by atoms with Gasteiger partial charge in [0.15, 0.2) is 6.10 Å². The zero-order valence-electron chi connectivity index (χ0n) is 10.5. The van der Waals surface area contributed by atoms with Crippen molar-refractivity contribution in [3.05, 3.63) is 34.9 Å². The van der Waals surface area contributed by atoms with Crippen LogP contribution in [0.1, 0.15) is 31.4 Å². The van der Waals surface area contributed by atoms with E-state index in [-0.39, 0.29) is 6.04 Å². The fraction of sp³-hybridized carbons (Fsp3) is 0.538. The molecule has 0 aromatic heterocycles. The number of benzene rings is 1. The Hall–Kier alpha value is -0.780. The number of rotatable bonds is 6. The van der Waals surface area contributed by atoms with E-state index in [0.29, 0.717) is 11.4 Å². The van der Waals surface area contributed by atoms with Gasteiger partial charge in [0.05, 0.1) is 0 Å². The second-order valence-corrected chi connectivity index (χ2v) is 4.79. The lowest BCUT2D eigenvalue weighted by Gasteiger charge is -2.22. The number of hydrogen-bond acceptors (Lipinski definition) is 2. The van der Waals surface area contributed by atoms with Crippen molar-refractivity contribution >= 4 is 11.6 Å². The molecule has 1 aromatic rings. The molecular formula is C13H17ClF3NO. The van der Waals surface area contributed by atoms with Gasteiger partial charge in [-0.05, 0) is 24.1 Å². The molecule has 0 fully saturated rings.